The molecule has 0 amide bonds. The zero-order valence-corrected chi connectivity index (χ0v) is 10.1. The second kappa shape index (κ2) is 8.21. The molecule has 2 N–H and O–H groups in total. The summed E-state index contributed by atoms with van der Waals surface area (Å²) in [5.74, 6) is 0. The Morgan fingerprint density at radius 2 is 2.00 bits per heavy atom. The average molecular weight is 223 g/mol. The highest BCUT2D eigenvalue weighted by Gasteiger charge is 1.96. The summed E-state index contributed by atoms with van der Waals surface area (Å²) >= 11 is 0. The second-order valence-corrected chi connectivity index (χ2v) is 3.52. The van der Waals surface area contributed by atoms with Gasteiger partial charge < -0.3 is 15.4 Å². The van der Waals surface area contributed by atoms with Gasteiger partial charge in [-0.3, -0.25) is 4.98 Å². The Morgan fingerprint density at radius 3 is 2.69 bits per heavy atom. The summed E-state index contributed by atoms with van der Waals surface area (Å²) in [6.45, 7) is 6.01. The van der Waals surface area contributed by atoms with Gasteiger partial charge in [0.2, 0.25) is 0 Å². The SMILES string of the molecule is CCOCCNCc1cccc(CNC)n1. The third-order valence-corrected chi connectivity index (χ3v) is 2.16. The fraction of sp³-hybridized carbons (Fsp3) is 0.583. The van der Waals surface area contributed by atoms with Gasteiger partial charge in [0.25, 0.3) is 0 Å². The van der Waals surface area contributed by atoms with Crippen LogP contribution in [0.2, 0.25) is 0 Å². The van der Waals surface area contributed by atoms with Crippen LogP contribution in [0, 0.1) is 0 Å². The van der Waals surface area contributed by atoms with E-state index < -0.39 is 0 Å². The fourth-order valence-corrected chi connectivity index (χ4v) is 1.41. The van der Waals surface area contributed by atoms with Gasteiger partial charge in [-0.15, -0.1) is 0 Å². The van der Waals surface area contributed by atoms with E-state index in [0.717, 1.165) is 44.2 Å². The Morgan fingerprint density at radius 1 is 1.25 bits per heavy atom. The van der Waals surface area contributed by atoms with Gasteiger partial charge in [-0.25, -0.2) is 0 Å². The van der Waals surface area contributed by atoms with Crippen LogP contribution in [0.4, 0.5) is 0 Å². The molecule has 0 aliphatic carbocycles. The molecule has 16 heavy (non-hydrogen) atoms. The van der Waals surface area contributed by atoms with Gasteiger partial charge in [-0.1, -0.05) is 6.07 Å². The summed E-state index contributed by atoms with van der Waals surface area (Å²) in [6.07, 6.45) is 0. The maximum atomic E-state index is 5.24. The molecule has 0 aromatic carbocycles. The highest BCUT2D eigenvalue weighted by atomic mass is 16.5. The lowest BCUT2D eigenvalue weighted by molar-refractivity contribution is 0.149. The number of nitrogens with one attached hydrogen (secondary N) is 2. The van der Waals surface area contributed by atoms with E-state index in [-0.39, 0.29) is 0 Å². The van der Waals surface area contributed by atoms with Crippen LogP contribution in [0.5, 0.6) is 0 Å². The van der Waals surface area contributed by atoms with E-state index in [1.54, 1.807) is 0 Å². The monoisotopic (exact) mass is 223 g/mol. The molecule has 0 aliphatic heterocycles. The average Bonchev–Trinajstić information content (AvgIpc) is 2.30. The number of aromatic nitrogens is 1. The van der Waals surface area contributed by atoms with Crippen molar-refractivity contribution in [2.45, 2.75) is 20.0 Å². The van der Waals surface area contributed by atoms with Gasteiger partial charge in [0.1, 0.15) is 0 Å². The predicted molar refractivity (Wildman–Crippen MR) is 65.2 cm³/mol. The highest BCUT2D eigenvalue weighted by Crippen LogP contribution is 1.98. The number of pyridine rings is 1. The lowest BCUT2D eigenvalue weighted by atomic mass is 10.3. The lowest BCUT2D eigenvalue weighted by Gasteiger charge is -2.06. The Labute approximate surface area is 97.4 Å². The first kappa shape index (κ1) is 13.1. The van der Waals surface area contributed by atoms with E-state index in [4.69, 9.17) is 4.74 Å². The molecule has 0 saturated carbocycles. The topological polar surface area (TPSA) is 46.2 Å². The normalized spacial score (nSPS) is 10.6. The molecule has 1 heterocycles. The van der Waals surface area contributed by atoms with Crippen molar-refractivity contribution < 1.29 is 4.74 Å². The van der Waals surface area contributed by atoms with Crippen LogP contribution < -0.4 is 10.6 Å². The van der Waals surface area contributed by atoms with Gasteiger partial charge in [0, 0.05) is 26.2 Å². The molecular weight excluding hydrogens is 202 g/mol. The molecule has 4 nitrogen and oxygen atoms in total. The van der Waals surface area contributed by atoms with Crippen LogP contribution in [-0.4, -0.2) is 31.8 Å². The third kappa shape index (κ3) is 5.21. The first-order valence-electron chi connectivity index (χ1n) is 5.74. The van der Waals surface area contributed by atoms with E-state index >= 15 is 0 Å². The first-order chi connectivity index (χ1) is 7.86. The van der Waals surface area contributed by atoms with Gasteiger partial charge in [0.05, 0.1) is 18.0 Å². The number of hydrogen-bond acceptors (Lipinski definition) is 4. The largest absolute Gasteiger partial charge is 0.380 e. The molecule has 90 valence electrons. The molecular formula is C12H21N3O. The van der Waals surface area contributed by atoms with Crippen molar-refractivity contribution in [2.24, 2.45) is 0 Å². The Hall–Kier alpha value is -0.970. The number of hydrogen-bond donors (Lipinski definition) is 2. The van der Waals surface area contributed by atoms with Gasteiger partial charge in [-0.2, -0.15) is 0 Å². The molecule has 1 aromatic rings. The quantitative estimate of drug-likeness (QED) is 0.644. The minimum absolute atomic E-state index is 0.757. The van der Waals surface area contributed by atoms with Gasteiger partial charge in [0.15, 0.2) is 0 Å². The molecule has 0 fully saturated rings. The number of ether oxygens (including phenoxy) is 1. The fourth-order valence-electron chi connectivity index (χ4n) is 1.41. The van der Waals surface area contributed by atoms with E-state index in [2.05, 4.69) is 15.6 Å². The lowest BCUT2D eigenvalue weighted by Crippen LogP contribution is -2.20. The molecule has 0 spiro atoms. The molecule has 0 saturated heterocycles. The molecule has 0 radical (unpaired) electrons. The molecule has 1 rings (SSSR count). The second-order valence-electron chi connectivity index (χ2n) is 3.52. The van der Waals surface area contributed by atoms with E-state index in [0.29, 0.717) is 0 Å². The Balaban J connectivity index is 2.27. The van der Waals surface area contributed by atoms with Crippen LogP contribution in [0.25, 0.3) is 0 Å². The molecule has 0 aliphatic rings. The third-order valence-electron chi connectivity index (χ3n) is 2.16. The van der Waals surface area contributed by atoms with E-state index in [1.165, 1.54) is 0 Å². The van der Waals surface area contributed by atoms with Crippen molar-refractivity contribution in [3.8, 4) is 0 Å². The minimum atomic E-state index is 0.757. The van der Waals surface area contributed by atoms with Crippen LogP contribution >= 0.6 is 0 Å². The van der Waals surface area contributed by atoms with Crippen molar-refractivity contribution in [1.29, 1.82) is 0 Å². The van der Waals surface area contributed by atoms with Crippen molar-refractivity contribution in [3.05, 3.63) is 29.6 Å². The summed E-state index contributed by atoms with van der Waals surface area (Å²) in [6, 6.07) is 6.10. The minimum Gasteiger partial charge on any atom is -0.380 e. The van der Waals surface area contributed by atoms with E-state index in [9.17, 15) is 0 Å². The van der Waals surface area contributed by atoms with Crippen LogP contribution in [-0.2, 0) is 17.8 Å². The summed E-state index contributed by atoms with van der Waals surface area (Å²) in [5, 5.41) is 6.39. The predicted octanol–water partition coefficient (Wildman–Crippen LogP) is 0.927. The highest BCUT2D eigenvalue weighted by molar-refractivity contribution is 5.10. The van der Waals surface area contributed by atoms with E-state index in [1.807, 2.05) is 32.2 Å². The van der Waals surface area contributed by atoms with Crippen LogP contribution in [0.15, 0.2) is 18.2 Å². The van der Waals surface area contributed by atoms with Crippen molar-refractivity contribution in [1.82, 2.24) is 15.6 Å². The number of rotatable bonds is 8. The van der Waals surface area contributed by atoms with Crippen molar-refractivity contribution in [2.75, 3.05) is 26.8 Å². The summed E-state index contributed by atoms with van der Waals surface area (Å²) < 4.78 is 5.24. The molecule has 0 atom stereocenters. The van der Waals surface area contributed by atoms with Crippen LogP contribution in [0.3, 0.4) is 0 Å². The first-order valence-corrected chi connectivity index (χ1v) is 5.74. The molecule has 0 unspecified atom stereocenters. The maximum Gasteiger partial charge on any atom is 0.0590 e. The maximum absolute atomic E-state index is 5.24. The molecule has 4 heteroatoms. The van der Waals surface area contributed by atoms with Gasteiger partial charge in [-0.05, 0) is 26.1 Å². The molecule has 0 bridgehead atoms. The molecule has 1 aromatic heterocycles. The van der Waals surface area contributed by atoms with Gasteiger partial charge >= 0.3 is 0 Å². The zero-order chi connectivity index (χ0) is 11.6. The summed E-state index contributed by atoms with van der Waals surface area (Å²) in [7, 11) is 1.93. The Bertz CT molecular complexity index is 291. The van der Waals surface area contributed by atoms with Crippen molar-refractivity contribution in [3.63, 3.8) is 0 Å². The van der Waals surface area contributed by atoms with Crippen molar-refractivity contribution >= 4 is 0 Å². The standard InChI is InChI=1S/C12H21N3O/c1-3-16-8-7-14-10-12-6-4-5-11(15-12)9-13-2/h4-6,13-14H,3,7-10H2,1-2H3. The van der Waals surface area contributed by atoms with Crippen LogP contribution in [0.1, 0.15) is 18.3 Å². The Kier molecular flexibility index (Phi) is 6.72. The number of nitrogens with zero attached hydrogens (tertiary/aromatic N) is 1. The zero-order valence-electron chi connectivity index (χ0n) is 10.1. The summed E-state index contributed by atoms with van der Waals surface area (Å²) in [5.41, 5.74) is 2.15. The smallest absolute Gasteiger partial charge is 0.0590 e. The summed E-state index contributed by atoms with van der Waals surface area (Å²) in [4.78, 5) is 4.51.